The van der Waals surface area contributed by atoms with Gasteiger partial charge in [0.25, 0.3) is 0 Å². The Kier molecular flexibility index (Phi) is 0.633. The van der Waals surface area contributed by atoms with Crippen LogP contribution in [0.4, 0.5) is 0 Å². The summed E-state index contributed by atoms with van der Waals surface area (Å²) in [6, 6.07) is 0. The second kappa shape index (κ2) is 1.12. The van der Waals surface area contributed by atoms with Crippen LogP contribution in [0.1, 0.15) is 0 Å². The summed E-state index contributed by atoms with van der Waals surface area (Å²) in [6.45, 7) is 0.757. The molecule has 0 spiro atoms. The Morgan fingerprint density at radius 2 is 1.83 bits per heavy atom. The lowest BCUT2D eigenvalue weighted by Gasteiger charge is -1.63. The first-order valence-electron chi connectivity index (χ1n) is 1.63. The Hall–Kier alpha value is -0.800. The van der Waals surface area contributed by atoms with Crippen molar-refractivity contribution in [3.8, 4) is 0 Å². The molecule has 0 aromatic rings. The second-order valence-electron chi connectivity index (χ2n) is 0.890. The van der Waals surface area contributed by atoms with E-state index in [4.69, 9.17) is 0 Å². The average molecular weight is 90.1 g/mol. The monoisotopic (exact) mass is 90.0 g/mol. The number of rotatable bonds is 0. The van der Waals surface area contributed by atoms with E-state index in [0.717, 1.165) is 0 Å². The Balaban J connectivity index is 2.37. The molecule has 0 unspecified atom stereocenters. The van der Waals surface area contributed by atoms with Crippen LogP contribution in [0.5, 0.6) is 0 Å². The zero-order chi connectivity index (χ0) is 4.41. The molecule has 34 valence electrons. The Bertz CT molecular complexity index is 63.2. The van der Waals surface area contributed by atoms with E-state index in [1.54, 1.807) is 0 Å². The molecule has 6 heavy (non-hydrogen) atoms. The van der Waals surface area contributed by atoms with Crippen molar-refractivity contribution in [2.75, 3.05) is 13.2 Å². The van der Waals surface area contributed by atoms with Crippen molar-refractivity contribution in [3.63, 3.8) is 0 Å². The average Bonchev–Trinajstić information content (AvgIpc) is 1.86. The Morgan fingerprint density at radius 1 is 1.33 bits per heavy atom. The summed E-state index contributed by atoms with van der Waals surface area (Å²) < 4.78 is 0. The Labute approximate surface area is 34.1 Å². The zero-order valence-corrected chi connectivity index (χ0v) is 3.09. The van der Waals surface area contributed by atoms with Gasteiger partial charge in [-0.05, 0) is 0 Å². The Morgan fingerprint density at radius 3 is 2.00 bits per heavy atom. The van der Waals surface area contributed by atoms with E-state index in [1.807, 2.05) is 0 Å². The maximum atomic E-state index is 9.72. The molecule has 0 saturated carbocycles. The molecule has 0 N–H and O–H groups in total. The van der Waals surface area contributed by atoms with E-state index >= 15 is 0 Å². The highest BCUT2D eigenvalue weighted by Crippen LogP contribution is 1.88. The van der Waals surface area contributed by atoms with Crippen LogP contribution in [0, 0.1) is 4.91 Å². The molecular formula is C2H4NO3+. The molecule has 4 heteroatoms. The molecule has 0 bridgehead atoms. The topological polar surface area (TPSA) is 38.5 Å². The van der Waals surface area contributed by atoms with E-state index in [-0.39, 0.29) is 5.09 Å². The molecule has 0 radical (unpaired) electrons. The minimum atomic E-state index is 0.111. The fourth-order valence-electron chi connectivity index (χ4n) is 0.261. The molecule has 1 saturated heterocycles. The standard InChI is InChI=1S/C2H4NO3/c4-3-5-1-2-6-3/h1-2H2/q+1. The largest absolute Gasteiger partial charge is 0.477 e. The first-order chi connectivity index (χ1) is 2.89. The van der Waals surface area contributed by atoms with Gasteiger partial charge in [-0.3, -0.25) is 0 Å². The number of hydrogen-bond donors (Lipinski definition) is 0. The summed E-state index contributed by atoms with van der Waals surface area (Å²) in [6.07, 6.45) is 0. The predicted octanol–water partition coefficient (Wildman–Crippen LogP) is -0.358. The molecule has 0 aromatic carbocycles. The van der Waals surface area contributed by atoms with E-state index in [2.05, 4.69) is 9.68 Å². The lowest BCUT2D eigenvalue weighted by Crippen LogP contribution is -1.93. The molecule has 1 aliphatic heterocycles. The van der Waals surface area contributed by atoms with Crippen molar-refractivity contribution < 1.29 is 14.8 Å². The van der Waals surface area contributed by atoms with E-state index in [1.165, 1.54) is 0 Å². The van der Waals surface area contributed by atoms with Crippen LogP contribution in [-0.2, 0) is 9.68 Å². The van der Waals surface area contributed by atoms with Gasteiger partial charge in [-0.2, -0.15) is 9.68 Å². The van der Waals surface area contributed by atoms with Crippen molar-refractivity contribution in [2.45, 2.75) is 0 Å². The molecule has 1 fully saturated rings. The first kappa shape index (κ1) is 3.39. The third-order valence-electron chi connectivity index (χ3n) is 0.477. The fourth-order valence-corrected chi connectivity index (χ4v) is 0.261. The van der Waals surface area contributed by atoms with Gasteiger partial charge in [-0.1, -0.05) is 0 Å². The summed E-state index contributed by atoms with van der Waals surface area (Å²) in [5.41, 5.74) is 0. The van der Waals surface area contributed by atoms with Gasteiger partial charge in [-0.15, -0.1) is 0 Å². The minimum Gasteiger partial charge on any atom is -0.183 e. The van der Waals surface area contributed by atoms with Crippen LogP contribution >= 0.6 is 0 Å². The van der Waals surface area contributed by atoms with Crippen LogP contribution in [0.25, 0.3) is 0 Å². The highest BCUT2D eigenvalue weighted by atomic mass is 17.0. The molecule has 0 atom stereocenters. The fraction of sp³-hybridized carbons (Fsp3) is 1.00. The first-order valence-corrected chi connectivity index (χ1v) is 1.63. The molecular weight excluding hydrogens is 86.0 g/mol. The molecule has 0 amide bonds. The number of hydrogen-bond acceptors (Lipinski definition) is 3. The van der Waals surface area contributed by atoms with Crippen LogP contribution < -0.4 is 0 Å². The van der Waals surface area contributed by atoms with E-state index in [9.17, 15) is 4.91 Å². The van der Waals surface area contributed by atoms with Crippen LogP contribution in [0.2, 0.25) is 0 Å². The lowest BCUT2D eigenvalue weighted by molar-refractivity contribution is -0.951. The molecule has 1 rings (SSSR count). The summed E-state index contributed by atoms with van der Waals surface area (Å²) in [5.74, 6) is 0. The molecule has 1 aliphatic rings. The predicted molar refractivity (Wildman–Crippen MR) is 15.5 cm³/mol. The number of nitrogens with zero attached hydrogens (tertiary/aromatic N) is 1. The minimum absolute atomic E-state index is 0.111. The van der Waals surface area contributed by atoms with Gasteiger partial charge in [0.15, 0.2) is 0 Å². The van der Waals surface area contributed by atoms with Crippen molar-refractivity contribution in [1.82, 2.24) is 0 Å². The van der Waals surface area contributed by atoms with Crippen molar-refractivity contribution >= 4 is 0 Å². The van der Waals surface area contributed by atoms with E-state index in [0.29, 0.717) is 13.2 Å². The van der Waals surface area contributed by atoms with Gasteiger partial charge in [0.2, 0.25) is 13.2 Å². The van der Waals surface area contributed by atoms with Gasteiger partial charge in [0, 0.05) is 0 Å². The van der Waals surface area contributed by atoms with E-state index < -0.39 is 0 Å². The van der Waals surface area contributed by atoms with Crippen LogP contribution in [0.3, 0.4) is 0 Å². The normalized spacial score (nSPS) is 19.7. The summed E-state index contributed by atoms with van der Waals surface area (Å²) in [4.78, 5) is 18.1. The molecule has 1 heterocycles. The highest BCUT2D eigenvalue weighted by Gasteiger charge is 2.20. The van der Waals surface area contributed by atoms with Crippen molar-refractivity contribution in [3.05, 3.63) is 4.91 Å². The van der Waals surface area contributed by atoms with Gasteiger partial charge >= 0.3 is 5.09 Å². The van der Waals surface area contributed by atoms with Gasteiger partial charge in [0.1, 0.15) is 4.91 Å². The maximum absolute atomic E-state index is 9.72. The van der Waals surface area contributed by atoms with Crippen LogP contribution in [0.15, 0.2) is 0 Å². The zero-order valence-electron chi connectivity index (χ0n) is 3.09. The van der Waals surface area contributed by atoms with Crippen molar-refractivity contribution in [2.24, 2.45) is 0 Å². The van der Waals surface area contributed by atoms with Gasteiger partial charge in [0.05, 0.1) is 0 Å². The third-order valence-corrected chi connectivity index (χ3v) is 0.477. The SMILES string of the molecule is O=[N+]1OCCO1. The summed E-state index contributed by atoms with van der Waals surface area (Å²) in [5, 5.41) is 0.111. The molecule has 0 aliphatic carbocycles. The molecule has 4 nitrogen and oxygen atoms in total. The lowest BCUT2D eigenvalue weighted by atomic mass is 10.8. The van der Waals surface area contributed by atoms with Gasteiger partial charge < -0.3 is 0 Å². The smallest absolute Gasteiger partial charge is 0.183 e. The third kappa shape index (κ3) is 0.403. The summed E-state index contributed by atoms with van der Waals surface area (Å²) in [7, 11) is 0. The maximum Gasteiger partial charge on any atom is 0.477 e. The molecule has 0 aromatic heterocycles. The second-order valence-corrected chi connectivity index (χ2v) is 0.890. The van der Waals surface area contributed by atoms with Crippen LogP contribution in [-0.4, -0.2) is 18.3 Å². The highest BCUT2D eigenvalue weighted by molar-refractivity contribution is 4.16. The van der Waals surface area contributed by atoms with Gasteiger partial charge in [-0.25, -0.2) is 0 Å². The van der Waals surface area contributed by atoms with Crippen molar-refractivity contribution in [1.29, 1.82) is 0 Å². The summed E-state index contributed by atoms with van der Waals surface area (Å²) >= 11 is 0. The quantitative estimate of drug-likeness (QED) is 0.407.